The van der Waals surface area contributed by atoms with E-state index in [2.05, 4.69) is 35.4 Å². The minimum absolute atomic E-state index is 0.0399. The van der Waals surface area contributed by atoms with Gasteiger partial charge in [0.2, 0.25) is 5.95 Å². The third-order valence-corrected chi connectivity index (χ3v) is 6.64. The summed E-state index contributed by atoms with van der Waals surface area (Å²) < 4.78 is 39.2. The summed E-state index contributed by atoms with van der Waals surface area (Å²) in [4.78, 5) is 35.0. The van der Waals surface area contributed by atoms with Gasteiger partial charge in [-0.2, -0.15) is 13.2 Å². The van der Waals surface area contributed by atoms with Gasteiger partial charge in [-0.3, -0.25) is 9.69 Å². The zero-order chi connectivity index (χ0) is 28.3. The van der Waals surface area contributed by atoms with Crippen LogP contribution in [0, 0.1) is 6.92 Å². The second-order valence-corrected chi connectivity index (χ2v) is 9.37. The predicted octanol–water partition coefficient (Wildman–Crippen LogP) is 3.86. The standard InChI is InChI=1S/C27H27F3N8O2/c1-17-5-6-18(25(40)34-20-4-2-3-19(14-20)27(28,29)30)13-21(17)35-24-23-22(32-16-33-24)15-31-26(36-23)38-9-7-37(8-10-38)11-12-39/h2-6,13-16,39H,7-12H2,1H3,(H,34,40)(H,32,33,35). The number of aliphatic hydroxyl groups is 1. The number of hydrogen-bond acceptors (Lipinski definition) is 9. The van der Waals surface area contributed by atoms with Gasteiger partial charge in [-0.1, -0.05) is 12.1 Å². The van der Waals surface area contributed by atoms with Crippen molar-refractivity contribution in [1.29, 1.82) is 0 Å². The molecule has 0 unspecified atom stereocenters. The molecular formula is C27H27F3N8O2. The Labute approximate surface area is 227 Å². The van der Waals surface area contributed by atoms with Gasteiger partial charge in [-0.05, 0) is 42.8 Å². The van der Waals surface area contributed by atoms with E-state index in [9.17, 15) is 23.1 Å². The summed E-state index contributed by atoms with van der Waals surface area (Å²) in [5.41, 5.74) is 1.88. The van der Waals surface area contributed by atoms with Gasteiger partial charge in [-0.25, -0.2) is 19.9 Å². The molecular weight excluding hydrogens is 525 g/mol. The molecule has 3 heterocycles. The first kappa shape index (κ1) is 27.2. The van der Waals surface area contributed by atoms with Gasteiger partial charge in [-0.15, -0.1) is 0 Å². The summed E-state index contributed by atoms with van der Waals surface area (Å²) in [6, 6.07) is 9.42. The van der Waals surface area contributed by atoms with Crippen LogP contribution in [0.2, 0.25) is 0 Å². The lowest BCUT2D eigenvalue weighted by Crippen LogP contribution is -2.47. The molecule has 5 rings (SSSR count). The first-order chi connectivity index (χ1) is 19.2. The molecule has 13 heteroatoms. The zero-order valence-electron chi connectivity index (χ0n) is 21.6. The Bertz CT molecular complexity index is 1520. The lowest BCUT2D eigenvalue weighted by Gasteiger charge is -2.34. The maximum atomic E-state index is 13.1. The van der Waals surface area contributed by atoms with Crippen LogP contribution in [0.3, 0.4) is 0 Å². The molecule has 208 valence electrons. The SMILES string of the molecule is Cc1ccc(C(=O)Nc2cccc(C(F)(F)F)c2)cc1Nc1ncnc2cnc(N3CCN(CCO)CC3)nc12. The summed E-state index contributed by atoms with van der Waals surface area (Å²) >= 11 is 0. The fraction of sp³-hybridized carbons (Fsp3) is 0.296. The molecule has 1 fully saturated rings. The number of amides is 1. The molecule has 0 spiro atoms. The van der Waals surface area contributed by atoms with E-state index in [1.165, 1.54) is 18.5 Å². The fourth-order valence-electron chi connectivity index (χ4n) is 4.40. The number of piperazine rings is 1. The fourth-order valence-corrected chi connectivity index (χ4v) is 4.40. The molecule has 2 aromatic heterocycles. The number of benzene rings is 2. The number of fused-ring (bicyclic) bond motifs is 1. The zero-order valence-corrected chi connectivity index (χ0v) is 21.6. The van der Waals surface area contributed by atoms with Crippen LogP contribution < -0.4 is 15.5 Å². The minimum Gasteiger partial charge on any atom is -0.395 e. The number of rotatable bonds is 7. The monoisotopic (exact) mass is 552 g/mol. The molecule has 40 heavy (non-hydrogen) atoms. The topological polar surface area (TPSA) is 119 Å². The molecule has 0 atom stereocenters. The van der Waals surface area contributed by atoms with Crippen LogP contribution >= 0.6 is 0 Å². The second-order valence-electron chi connectivity index (χ2n) is 9.37. The van der Waals surface area contributed by atoms with Gasteiger partial charge >= 0.3 is 6.18 Å². The van der Waals surface area contributed by atoms with Crippen LogP contribution in [-0.4, -0.2) is 75.2 Å². The van der Waals surface area contributed by atoms with Crippen LogP contribution in [0.25, 0.3) is 11.0 Å². The normalized spacial score (nSPS) is 14.4. The van der Waals surface area contributed by atoms with Gasteiger partial charge < -0.3 is 20.6 Å². The van der Waals surface area contributed by atoms with Crippen molar-refractivity contribution in [2.75, 3.05) is 54.9 Å². The largest absolute Gasteiger partial charge is 0.416 e. The van der Waals surface area contributed by atoms with E-state index in [4.69, 9.17) is 4.98 Å². The predicted molar refractivity (Wildman–Crippen MR) is 145 cm³/mol. The van der Waals surface area contributed by atoms with Crippen molar-refractivity contribution in [1.82, 2.24) is 24.8 Å². The molecule has 3 N–H and O–H groups in total. The molecule has 0 bridgehead atoms. The summed E-state index contributed by atoms with van der Waals surface area (Å²) in [5.74, 6) is 0.408. The van der Waals surface area contributed by atoms with Crippen molar-refractivity contribution in [2.45, 2.75) is 13.1 Å². The number of hydrogen-bond donors (Lipinski definition) is 3. The summed E-state index contributed by atoms with van der Waals surface area (Å²) in [6.07, 6.45) is -1.49. The van der Waals surface area contributed by atoms with Crippen molar-refractivity contribution in [3.8, 4) is 0 Å². The third kappa shape index (κ3) is 6.10. The molecule has 1 amide bonds. The van der Waals surface area contributed by atoms with Crippen molar-refractivity contribution in [3.05, 3.63) is 71.7 Å². The minimum atomic E-state index is -4.51. The van der Waals surface area contributed by atoms with E-state index in [1.807, 2.05) is 6.92 Å². The van der Waals surface area contributed by atoms with E-state index >= 15 is 0 Å². The number of carbonyl (C=O) groups excluding carboxylic acids is 1. The number of carbonyl (C=O) groups is 1. The van der Waals surface area contributed by atoms with Crippen LogP contribution in [0.4, 0.5) is 36.3 Å². The number of aromatic nitrogens is 4. The Morgan fingerprint density at radius 1 is 1.05 bits per heavy atom. The van der Waals surface area contributed by atoms with Crippen LogP contribution in [-0.2, 0) is 6.18 Å². The molecule has 0 saturated carbocycles. The highest BCUT2D eigenvalue weighted by Gasteiger charge is 2.30. The first-order valence-corrected chi connectivity index (χ1v) is 12.6. The molecule has 1 aliphatic heterocycles. The number of alkyl halides is 3. The average molecular weight is 553 g/mol. The number of nitrogens with zero attached hydrogens (tertiary/aromatic N) is 6. The lowest BCUT2D eigenvalue weighted by atomic mass is 10.1. The van der Waals surface area contributed by atoms with Gasteiger partial charge in [0, 0.05) is 49.7 Å². The van der Waals surface area contributed by atoms with Crippen LogP contribution in [0.15, 0.2) is 55.0 Å². The van der Waals surface area contributed by atoms with Crippen molar-refractivity contribution in [3.63, 3.8) is 0 Å². The lowest BCUT2D eigenvalue weighted by molar-refractivity contribution is -0.137. The van der Waals surface area contributed by atoms with Crippen molar-refractivity contribution >= 4 is 40.1 Å². The summed E-state index contributed by atoms with van der Waals surface area (Å²) in [6.45, 7) is 5.59. The highest BCUT2D eigenvalue weighted by molar-refractivity contribution is 6.05. The molecule has 4 aromatic rings. The smallest absolute Gasteiger partial charge is 0.395 e. The molecule has 0 radical (unpaired) electrons. The maximum absolute atomic E-state index is 13.1. The van der Waals surface area contributed by atoms with Gasteiger partial charge in [0.1, 0.15) is 17.4 Å². The molecule has 0 aliphatic carbocycles. The van der Waals surface area contributed by atoms with E-state index in [0.717, 1.165) is 30.8 Å². The maximum Gasteiger partial charge on any atom is 0.416 e. The first-order valence-electron chi connectivity index (χ1n) is 12.6. The van der Waals surface area contributed by atoms with E-state index in [-0.39, 0.29) is 17.9 Å². The molecule has 2 aromatic carbocycles. The Morgan fingerprint density at radius 3 is 2.60 bits per heavy atom. The highest BCUT2D eigenvalue weighted by atomic mass is 19.4. The quantitative estimate of drug-likeness (QED) is 0.314. The number of β-amino-alcohol motifs (C(OH)–C–C–N with tert-alkyl or cyclic N) is 1. The third-order valence-electron chi connectivity index (χ3n) is 6.64. The number of anilines is 4. The summed E-state index contributed by atoms with van der Waals surface area (Å²) in [5, 5.41) is 14.9. The number of nitrogens with one attached hydrogen (secondary N) is 2. The van der Waals surface area contributed by atoms with Crippen LogP contribution in [0.1, 0.15) is 21.5 Å². The Hall–Kier alpha value is -4.36. The Morgan fingerprint density at radius 2 is 1.85 bits per heavy atom. The Balaban J connectivity index is 1.37. The Kier molecular flexibility index (Phi) is 7.76. The van der Waals surface area contributed by atoms with Gasteiger partial charge in [0.05, 0.1) is 18.4 Å². The van der Waals surface area contributed by atoms with Crippen LogP contribution in [0.5, 0.6) is 0 Å². The number of aryl methyl sites for hydroxylation is 1. The van der Waals surface area contributed by atoms with E-state index in [1.54, 1.807) is 24.4 Å². The highest BCUT2D eigenvalue weighted by Crippen LogP contribution is 2.31. The van der Waals surface area contributed by atoms with Gasteiger partial charge in [0.25, 0.3) is 5.91 Å². The molecule has 10 nitrogen and oxygen atoms in total. The summed E-state index contributed by atoms with van der Waals surface area (Å²) in [7, 11) is 0. The average Bonchev–Trinajstić information content (AvgIpc) is 2.94. The van der Waals surface area contributed by atoms with Crippen molar-refractivity contribution in [2.24, 2.45) is 0 Å². The van der Waals surface area contributed by atoms with Gasteiger partial charge in [0.15, 0.2) is 5.82 Å². The van der Waals surface area contributed by atoms with E-state index < -0.39 is 17.6 Å². The van der Waals surface area contributed by atoms with E-state index in [0.29, 0.717) is 48.1 Å². The van der Waals surface area contributed by atoms with Crippen molar-refractivity contribution < 1.29 is 23.1 Å². The number of halogens is 3. The molecule has 1 saturated heterocycles. The number of aliphatic hydroxyl groups excluding tert-OH is 1. The molecule has 1 aliphatic rings. The second kappa shape index (κ2) is 11.4.